The molecular weight excluding hydrogens is 661 g/mol. The van der Waals surface area contributed by atoms with Gasteiger partial charge >= 0.3 is 5.66 Å². The normalized spacial score (nSPS) is 15.8. The van der Waals surface area contributed by atoms with Crippen LogP contribution in [-0.4, -0.2) is 9.13 Å². The zero-order chi connectivity index (χ0) is 37.2. The van der Waals surface area contributed by atoms with Gasteiger partial charge in [-0.1, -0.05) is 116 Å². The summed E-state index contributed by atoms with van der Waals surface area (Å²) in [6, 6.07) is 35.9. The van der Waals surface area contributed by atoms with E-state index in [-0.39, 0.29) is 5.92 Å². The molecule has 8 aromatic rings. The van der Waals surface area contributed by atoms with E-state index in [1.807, 2.05) is 0 Å². The lowest BCUT2D eigenvalue weighted by molar-refractivity contribution is -0.954. The second-order valence-electron chi connectivity index (χ2n) is 16.6. The Kier molecular flexibility index (Phi) is 7.11. The molecule has 0 bridgehead atoms. The van der Waals surface area contributed by atoms with Crippen LogP contribution in [0.25, 0.3) is 56.1 Å². The molecule has 0 amide bonds. The minimum absolute atomic E-state index is 0.230. The summed E-state index contributed by atoms with van der Waals surface area (Å²) in [6.45, 7) is 18.5. The summed E-state index contributed by atoms with van der Waals surface area (Å²) in [5, 5.41) is 2.37. The number of rotatable bonds is 6. The summed E-state index contributed by atoms with van der Waals surface area (Å²) in [5.41, 5.74) is 14.2. The lowest BCUT2D eigenvalue weighted by Crippen LogP contribution is -2.70. The van der Waals surface area contributed by atoms with Crippen LogP contribution in [0.2, 0.25) is 0 Å². The van der Waals surface area contributed by atoms with Crippen LogP contribution in [0.4, 0.5) is 0 Å². The van der Waals surface area contributed by atoms with Gasteiger partial charge in [-0.25, -0.2) is 0 Å². The topological polar surface area (TPSA) is 30.8 Å². The van der Waals surface area contributed by atoms with Crippen molar-refractivity contribution in [1.29, 1.82) is 0 Å². The van der Waals surface area contributed by atoms with Crippen LogP contribution in [0, 0.1) is 0 Å². The van der Waals surface area contributed by atoms with Crippen LogP contribution in [0.15, 0.2) is 126 Å². The predicted octanol–water partition coefficient (Wildman–Crippen LogP) is 11.5. The molecule has 0 N–H and O–H groups in total. The molecule has 10 rings (SSSR count). The molecule has 0 fully saturated rings. The molecule has 0 radical (unpaired) electrons. The van der Waals surface area contributed by atoms with Gasteiger partial charge in [-0.05, 0) is 60.1 Å². The third kappa shape index (κ3) is 4.15. The van der Waals surface area contributed by atoms with Gasteiger partial charge in [0.1, 0.15) is 47.3 Å². The van der Waals surface area contributed by atoms with Gasteiger partial charge in [0.2, 0.25) is 0 Å². The van der Waals surface area contributed by atoms with E-state index in [0.717, 1.165) is 11.2 Å². The maximum atomic E-state index is 6.76. The van der Waals surface area contributed by atoms with Crippen molar-refractivity contribution in [2.24, 2.45) is 0 Å². The molecule has 3 aromatic heterocycles. The highest BCUT2D eigenvalue weighted by Gasteiger charge is 2.63. The van der Waals surface area contributed by atoms with Crippen LogP contribution < -0.4 is 9.13 Å². The molecule has 5 aromatic carbocycles. The van der Waals surface area contributed by atoms with Crippen molar-refractivity contribution in [1.82, 2.24) is 9.13 Å². The molecule has 0 aliphatic carbocycles. The molecule has 1 unspecified atom stereocenters. The fourth-order valence-electron chi connectivity index (χ4n) is 9.86. The number of para-hydroxylation sites is 2. The summed E-state index contributed by atoms with van der Waals surface area (Å²) in [4.78, 5) is 0. The minimum atomic E-state index is -0.613. The largest absolute Gasteiger partial charge is 0.456 e. The second-order valence-corrected chi connectivity index (χ2v) is 16.6. The molecule has 2 aliphatic rings. The molecule has 54 heavy (non-hydrogen) atoms. The predicted molar refractivity (Wildman–Crippen MR) is 218 cm³/mol. The van der Waals surface area contributed by atoms with Gasteiger partial charge in [-0.15, -0.1) is 0 Å². The average molecular weight is 709 g/mol. The summed E-state index contributed by atoms with van der Waals surface area (Å²) < 4.78 is 16.8. The lowest BCUT2D eigenvalue weighted by atomic mass is 9.89. The van der Waals surface area contributed by atoms with Crippen LogP contribution in [0.5, 0.6) is 0 Å². The first-order chi connectivity index (χ1) is 26.1. The zero-order valence-corrected chi connectivity index (χ0v) is 32.6. The first-order valence-corrected chi connectivity index (χ1v) is 19.7. The molecule has 5 nitrogen and oxygen atoms in total. The highest BCUT2D eigenvalue weighted by Crippen LogP contribution is 2.50. The number of hydrogen-bond donors (Lipinski definition) is 0. The van der Waals surface area contributed by atoms with Crippen molar-refractivity contribution in [2.45, 2.75) is 84.7 Å². The van der Waals surface area contributed by atoms with E-state index in [1.165, 1.54) is 78.3 Å². The highest BCUT2D eigenvalue weighted by molar-refractivity contribution is 6.07. The van der Waals surface area contributed by atoms with Gasteiger partial charge in [0.25, 0.3) is 11.6 Å². The van der Waals surface area contributed by atoms with E-state index < -0.39 is 5.66 Å². The quantitative estimate of drug-likeness (QED) is 0.158. The minimum Gasteiger partial charge on any atom is -0.456 e. The zero-order valence-electron chi connectivity index (χ0n) is 32.6. The van der Waals surface area contributed by atoms with Gasteiger partial charge in [0.05, 0.1) is 22.3 Å². The van der Waals surface area contributed by atoms with Crippen molar-refractivity contribution in [3.8, 4) is 34.2 Å². The maximum absolute atomic E-state index is 6.76. The van der Waals surface area contributed by atoms with Gasteiger partial charge in [0, 0.05) is 33.0 Å². The number of imidazole rings is 2. The van der Waals surface area contributed by atoms with Crippen LogP contribution in [0.1, 0.15) is 112 Å². The van der Waals surface area contributed by atoms with E-state index in [1.54, 1.807) is 0 Å². The Hall–Kier alpha value is -5.68. The maximum Gasteiger partial charge on any atom is 0.308 e. The fraction of sp³-hybridized carbons (Fsp3) is 0.265. The fourth-order valence-corrected chi connectivity index (χ4v) is 9.86. The van der Waals surface area contributed by atoms with Crippen LogP contribution in [0.3, 0.4) is 0 Å². The standard InChI is InChI=1S/C49H48N4O/c1-29(2)33-19-15-20-34(30(3)4)44(33)50-24-26-52-47(50)36-17-9-12-21-40(36)49(52)41-22-13-10-18-37(41)48-51(25-27-53(48)49)45-38(31(5)6)28-39-35-16-11-14-23-42(35)54-46(39)43(45)32(7)8/h9-32H,1-8H3/q+2. The summed E-state index contributed by atoms with van der Waals surface area (Å²) in [7, 11) is 0. The number of aromatic nitrogens is 4. The second kappa shape index (κ2) is 11.7. The number of furan rings is 1. The molecular formula is C49H48N4O+2. The molecule has 268 valence electrons. The van der Waals surface area contributed by atoms with E-state index in [2.05, 4.69) is 196 Å². The molecule has 0 saturated carbocycles. The summed E-state index contributed by atoms with van der Waals surface area (Å²) in [6.07, 6.45) is 9.26. The highest BCUT2D eigenvalue weighted by atomic mass is 16.3. The van der Waals surface area contributed by atoms with Gasteiger partial charge in [0.15, 0.2) is 0 Å². The third-order valence-electron chi connectivity index (χ3n) is 12.2. The monoisotopic (exact) mass is 708 g/mol. The molecule has 1 spiro atoms. The first-order valence-electron chi connectivity index (χ1n) is 19.7. The van der Waals surface area contributed by atoms with Gasteiger partial charge in [-0.3, -0.25) is 0 Å². The van der Waals surface area contributed by atoms with E-state index >= 15 is 0 Å². The van der Waals surface area contributed by atoms with Crippen molar-refractivity contribution in [3.63, 3.8) is 0 Å². The Labute approximate surface area is 317 Å². The Balaban J connectivity index is 1.31. The first kappa shape index (κ1) is 32.9. The van der Waals surface area contributed by atoms with Crippen molar-refractivity contribution in [3.05, 3.63) is 155 Å². The van der Waals surface area contributed by atoms with E-state index in [9.17, 15) is 0 Å². The number of hydrogen-bond acceptors (Lipinski definition) is 1. The van der Waals surface area contributed by atoms with Crippen LogP contribution >= 0.6 is 0 Å². The molecule has 1 atom stereocenters. The number of fused-ring (bicyclic) bond motifs is 13. The Morgan fingerprint density at radius 2 is 1.04 bits per heavy atom. The SMILES string of the molecule is CC(C)c1cccc(C(C)C)c1-n1cc[n+]2c1-c1ccccc1C21c2ccccc2-c2n(-c3c(C(C)C)cc4c(oc5ccccc54)c3C(C)C)cc[n+]21. The van der Waals surface area contributed by atoms with Gasteiger partial charge < -0.3 is 4.42 Å². The Bertz CT molecular complexity index is 2780. The molecule has 0 saturated heterocycles. The Morgan fingerprint density at radius 3 is 1.59 bits per heavy atom. The number of nitrogens with zero attached hydrogens (tertiary/aromatic N) is 4. The third-order valence-corrected chi connectivity index (χ3v) is 12.2. The van der Waals surface area contributed by atoms with Crippen LogP contribution in [-0.2, 0) is 5.66 Å². The van der Waals surface area contributed by atoms with E-state index in [0.29, 0.717) is 17.8 Å². The Morgan fingerprint density at radius 1 is 0.519 bits per heavy atom. The van der Waals surface area contributed by atoms with Crippen molar-refractivity contribution >= 4 is 21.9 Å². The number of benzene rings is 5. The molecule has 5 heterocycles. The van der Waals surface area contributed by atoms with Gasteiger partial charge in [-0.2, -0.15) is 18.3 Å². The molecule has 5 heteroatoms. The lowest BCUT2D eigenvalue weighted by Gasteiger charge is -2.21. The summed E-state index contributed by atoms with van der Waals surface area (Å²) >= 11 is 0. The summed E-state index contributed by atoms with van der Waals surface area (Å²) in [5.74, 6) is 3.67. The smallest absolute Gasteiger partial charge is 0.308 e. The average Bonchev–Trinajstić information content (AvgIpc) is 3.97. The molecule has 2 aliphatic heterocycles. The van der Waals surface area contributed by atoms with E-state index in [4.69, 9.17) is 4.42 Å². The van der Waals surface area contributed by atoms with Crippen molar-refractivity contribution in [2.75, 3.05) is 0 Å². The van der Waals surface area contributed by atoms with Crippen molar-refractivity contribution < 1.29 is 13.6 Å².